The van der Waals surface area contributed by atoms with E-state index in [2.05, 4.69) is 152 Å². The summed E-state index contributed by atoms with van der Waals surface area (Å²) in [5, 5.41) is 0. The molecule has 0 radical (unpaired) electrons. The van der Waals surface area contributed by atoms with Gasteiger partial charge in [0.05, 0.1) is 48.8 Å². The largest absolute Gasteiger partial charge is 0.372 e. The molecule has 0 spiro atoms. The summed E-state index contributed by atoms with van der Waals surface area (Å²) in [4.78, 5) is 0. The molecule has 6 heteroatoms. The summed E-state index contributed by atoms with van der Waals surface area (Å²) in [7, 11) is 0. The molecule has 6 nitrogen and oxygen atoms in total. The van der Waals surface area contributed by atoms with Gasteiger partial charge in [-0.05, 0) is 84.9 Å². The van der Waals surface area contributed by atoms with Crippen molar-refractivity contribution in [2.45, 2.75) is 214 Å². The van der Waals surface area contributed by atoms with Crippen LogP contribution in [0, 0.1) is 69.0 Å². The Bertz CT molecular complexity index is 996. The molecule has 8 unspecified atom stereocenters. The van der Waals surface area contributed by atoms with Crippen molar-refractivity contribution < 1.29 is 28.4 Å². The molecule has 296 valence electrons. The van der Waals surface area contributed by atoms with Crippen LogP contribution in [0.5, 0.6) is 0 Å². The minimum atomic E-state index is -0.167. The molecule has 4 aliphatic rings. The summed E-state index contributed by atoms with van der Waals surface area (Å²) in [5.41, 5.74) is 0.479. The summed E-state index contributed by atoms with van der Waals surface area (Å²) in [6, 6.07) is 0. The van der Waals surface area contributed by atoms with E-state index in [-0.39, 0.29) is 83.1 Å². The Kier molecular flexibility index (Phi) is 14.0. The summed E-state index contributed by atoms with van der Waals surface area (Å²) >= 11 is 0. The van der Waals surface area contributed by atoms with Crippen molar-refractivity contribution in [2.24, 2.45) is 69.0 Å². The average Bonchev–Trinajstić information content (AvgIpc) is 3.00. The first-order valence-corrected chi connectivity index (χ1v) is 20.6. The lowest BCUT2D eigenvalue weighted by Gasteiger charge is -2.55. The first-order chi connectivity index (χ1) is 22.6. The summed E-state index contributed by atoms with van der Waals surface area (Å²) < 4.78 is 38.8. The molecule has 0 aromatic carbocycles. The number of ether oxygens (including phenoxy) is 6. The Hall–Kier alpha value is -0.240. The maximum absolute atomic E-state index is 6.68. The summed E-state index contributed by atoms with van der Waals surface area (Å²) in [6.45, 7) is 50.2. The van der Waals surface area contributed by atoms with Crippen molar-refractivity contribution in [1.29, 1.82) is 0 Å². The standard InChI is InChI=1S/2C22H42O3/c2*1-12(2)18-14(4)22(10,11)19(17(7)23-18)25-20-15(5)21(8,9)13(3)16(6)24-20/h2*12-20H,1-11H3/t13-,14?,15?,16?,17?,18-,19+,20+;13-,14?,15?,16?,17?,18-,19+,20-/m00/s1. The Balaban J connectivity index is 0.000000270. The van der Waals surface area contributed by atoms with Crippen LogP contribution in [0.2, 0.25) is 0 Å². The third kappa shape index (κ3) is 8.36. The fraction of sp³-hybridized carbons (Fsp3) is 1.00. The monoisotopic (exact) mass is 709 g/mol. The first kappa shape index (κ1) is 44.2. The summed E-state index contributed by atoms with van der Waals surface area (Å²) in [5.74, 6) is 3.64. The number of hydrogen-bond acceptors (Lipinski definition) is 6. The van der Waals surface area contributed by atoms with Crippen LogP contribution in [0.15, 0.2) is 0 Å². The van der Waals surface area contributed by atoms with E-state index in [0.29, 0.717) is 47.3 Å². The Morgan fingerprint density at radius 3 is 0.900 bits per heavy atom. The molecule has 4 saturated heterocycles. The van der Waals surface area contributed by atoms with Gasteiger partial charge in [0, 0.05) is 11.8 Å². The van der Waals surface area contributed by atoms with Gasteiger partial charge in [0.1, 0.15) is 0 Å². The molecule has 4 rings (SSSR count). The van der Waals surface area contributed by atoms with Crippen molar-refractivity contribution in [3.8, 4) is 0 Å². The van der Waals surface area contributed by atoms with Crippen molar-refractivity contribution >= 4 is 0 Å². The SMILES string of the molecule is CC(C)[C@@H]1OC(C)[C@@H](O[C@@H]2OC(C)[C@H](C)C(C)(C)C2C)C(C)(C)C1C.CC(C)[C@@H]1OC(C)[C@@H](O[C@H]2OC(C)[C@H](C)C(C)(C)C2C)C(C)(C)C1C. The molecule has 0 saturated carbocycles. The van der Waals surface area contributed by atoms with Crippen LogP contribution in [0.3, 0.4) is 0 Å². The third-order valence-corrected chi connectivity index (χ3v) is 15.9. The molecule has 0 aliphatic carbocycles. The van der Waals surface area contributed by atoms with E-state index >= 15 is 0 Å². The molecule has 4 heterocycles. The van der Waals surface area contributed by atoms with E-state index in [4.69, 9.17) is 28.4 Å². The lowest BCUT2D eigenvalue weighted by molar-refractivity contribution is -0.322. The highest BCUT2D eigenvalue weighted by Gasteiger charge is 2.54. The van der Waals surface area contributed by atoms with Crippen LogP contribution in [-0.2, 0) is 28.4 Å². The molecule has 50 heavy (non-hydrogen) atoms. The zero-order chi connectivity index (χ0) is 38.6. The van der Waals surface area contributed by atoms with Crippen LogP contribution >= 0.6 is 0 Å². The predicted molar refractivity (Wildman–Crippen MR) is 207 cm³/mol. The predicted octanol–water partition coefficient (Wildman–Crippen LogP) is 11.0. The Labute approximate surface area is 310 Å². The normalized spacial score (nSPS) is 47.0. The van der Waals surface area contributed by atoms with Gasteiger partial charge in [-0.2, -0.15) is 0 Å². The zero-order valence-electron chi connectivity index (χ0n) is 36.8. The topological polar surface area (TPSA) is 55.4 Å². The van der Waals surface area contributed by atoms with Gasteiger partial charge in [0.25, 0.3) is 0 Å². The third-order valence-electron chi connectivity index (χ3n) is 15.9. The van der Waals surface area contributed by atoms with Crippen LogP contribution in [0.4, 0.5) is 0 Å². The van der Waals surface area contributed by atoms with Gasteiger partial charge in [0.15, 0.2) is 12.6 Å². The van der Waals surface area contributed by atoms with Crippen molar-refractivity contribution in [1.82, 2.24) is 0 Å². The molecule has 0 N–H and O–H groups in total. The number of rotatable bonds is 6. The van der Waals surface area contributed by atoms with Gasteiger partial charge in [0.2, 0.25) is 0 Å². The highest BCUT2D eigenvalue weighted by atomic mass is 16.7. The second kappa shape index (κ2) is 15.9. The highest BCUT2D eigenvalue weighted by Crippen LogP contribution is 2.51. The molecule has 0 amide bonds. The molecule has 16 atom stereocenters. The van der Waals surface area contributed by atoms with E-state index in [0.717, 1.165) is 0 Å². The molecule has 0 bridgehead atoms. The van der Waals surface area contributed by atoms with Crippen LogP contribution in [-0.4, -0.2) is 61.4 Å². The fourth-order valence-corrected chi connectivity index (χ4v) is 9.71. The van der Waals surface area contributed by atoms with Gasteiger partial charge >= 0.3 is 0 Å². The van der Waals surface area contributed by atoms with E-state index in [1.54, 1.807) is 0 Å². The Morgan fingerprint density at radius 1 is 0.360 bits per heavy atom. The smallest absolute Gasteiger partial charge is 0.161 e. The molecule has 4 aliphatic heterocycles. The van der Waals surface area contributed by atoms with E-state index in [1.165, 1.54) is 0 Å². The van der Waals surface area contributed by atoms with Gasteiger partial charge < -0.3 is 28.4 Å². The Morgan fingerprint density at radius 2 is 0.640 bits per heavy atom. The van der Waals surface area contributed by atoms with Crippen LogP contribution in [0.1, 0.15) is 152 Å². The van der Waals surface area contributed by atoms with Crippen LogP contribution in [0.25, 0.3) is 0 Å². The van der Waals surface area contributed by atoms with Crippen LogP contribution < -0.4 is 0 Å². The van der Waals surface area contributed by atoms with E-state index in [1.807, 2.05) is 0 Å². The molecule has 0 aromatic rings. The first-order valence-electron chi connectivity index (χ1n) is 20.6. The lowest BCUT2D eigenvalue weighted by atomic mass is 9.66. The average molecular weight is 709 g/mol. The van der Waals surface area contributed by atoms with Crippen molar-refractivity contribution in [2.75, 3.05) is 0 Å². The van der Waals surface area contributed by atoms with Gasteiger partial charge in [-0.15, -0.1) is 0 Å². The quantitative estimate of drug-likeness (QED) is 0.274. The molecular weight excluding hydrogens is 624 g/mol. The second-order valence-electron chi connectivity index (χ2n) is 20.6. The van der Waals surface area contributed by atoms with Crippen molar-refractivity contribution in [3.63, 3.8) is 0 Å². The molecular formula is C44H84O6. The zero-order valence-corrected chi connectivity index (χ0v) is 36.8. The van der Waals surface area contributed by atoms with Crippen molar-refractivity contribution in [3.05, 3.63) is 0 Å². The van der Waals surface area contributed by atoms with E-state index in [9.17, 15) is 0 Å². The van der Waals surface area contributed by atoms with E-state index < -0.39 is 0 Å². The molecule has 4 fully saturated rings. The van der Waals surface area contributed by atoms with Gasteiger partial charge in [-0.3, -0.25) is 0 Å². The maximum atomic E-state index is 6.68. The van der Waals surface area contributed by atoms with Gasteiger partial charge in [-0.25, -0.2) is 0 Å². The lowest BCUT2D eigenvalue weighted by Crippen LogP contribution is -2.59. The van der Waals surface area contributed by atoms with Gasteiger partial charge in [-0.1, -0.05) is 125 Å². The second-order valence-corrected chi connectivity index (χ2v) is 20.6. The number of hydrogen-bond donors (Lipinski definition) is 0. The molecule has 0 aromatic heterocycles. The summed E-state index contributed by atoms with van der Waals surface area (Å²) in [6.07, 6.45) is 0.885. The highest BCUT2D eigenvalue weighted by molar-refractivity contribution is 5.00. The minimum absolute atomic E-state index is 0.0429. The maximum Gasteiger partial charge on any atom is 0.161 e. The fourth-order valence-electron chi connectivity index (χ4n) is 9.71. The minimum Gasteiger partial charge on any atom is -0.372 e.